The molecular weight excluding hydrogens is 893 g/mol. The molecule has 2 fully saturated rings. The quantitative estimate of drug-likeness (QED) is 0.114. The fraction of sp³-hybridized carbons (Fsp3) is 0.480. The van der Waals surface area contributed by atoms with Crippen molar-refractivity contribution in [1.29, 1.82) is 0 Å². The number of anilines is 3. The van der Waals surface area contributed by atoms with E-state index in [1.165, 1.54) is 12.4 Å². The van der Waals surface area contributed by atoms with Crippen molar-refractivity contribution in [3.8, 4) is 35.5 Å². The molecule has 2 aromatic carbocycles. The van der Waals surface area contributed by atoms with Crippen LogP contribution >= 0.6 is 0 Å². The number of imide groups is 1. The predicted molar refractivity (Wildman–Crippen MR) is 255 cm³/mol. The summed E-state index contributed by atoms with van der Waals surface area (Å²) in [6.45, 7) is 18.0. The number of benzene rings is 2. The standard InChI is InChI=1S/C50H57F2N9O8/c1-12-29-15-13-16-30-23-32(55-44(62)67-47(3,4)5)24-33(34(29)30)38-36(52)39-35-40(58-43(57-39)66-27-50-17-14-20-59(50)26-31(51)25-50)60(21-22-65-42(35)56-38)28(2)37-41(54-19-18-53-37)61(45(63)68-48(6,7)8)46(64)69-49(9,10)11/h1,13,15-16,18-19,23-24,28,31H,14,17,20-22,25-27H2,2-11H3,(H,55,62)/t28-,31-,50+/m1/s1. The summed E-state index contributed by atoms with van der Waals surface area (Å²) < 4.78 is 62.7. The zero-order chi connectivity index (χ0) is 49.8. The van der Waals surface area contributed by atoms with Gasteiger partial charge in [0.1, 0.15) is 64.3 Å². The number of carbonyl (C=O) groups excluding carboxylic acids is 3. The number of nitrogens with one attached hydrogen (secondary N) is 1. The predicted octanol–water partition coefficient (Wildman–Crippen LogP) is 9.69. The van der Waals surface area contributed by atoms with E-state index >= 15 is 4.39 Å². The molecule has 0 aliphatic carbocycles. The Bertz CT molecular complexity index is 2860. The number of alkyl halides is 1. The monoisotopic (exact) mass is 949 g/mol. The van der Waals surface area contributed by atoms with Crippen molar-refractivity contribution in [2.45, 2.75) is 123 Å². The van der Waals surface area contributed by atoms with Gasteiger partial charge in [-0.05, 0) is 112 Å². The molecule has 1 N–H and O–H groups in total. The van der Waals surface area contributed by atoms with E-state index < -0.39 is 58.7 Å². The van der Waals surface area contributed by atoms with Crippen molar-refractivity contribution in [3.63, 3.8) is 0 Å². The van der Waals surface area contributed by atoms with Crippen LogP contribution < -0.4 is 24.6 Å². The number of rotatable bonds is 8. The average molecular weight is 950 g/mol. The normalized spacial score (nSPS) is 18.7. The van der Waals surface area contributed by atoms with Crippen LogP contribution in [0.25, 0.3) is 32.9 Å². The van der Waals surface area contributed by atoms with Crippen LogP contribution in [0.4, 0.5) is 40.5 Å². The first kappa shape index (κ1) is 48.5. The summed E-state index contributed by atoms with van der Waals surface area (Å²) in [5.74, 6) is 1.71. The molecule has 3 aromatic heterocycles. The van der Waals surface area contributed by atoms with Gasteiger partial charge in [-0.25, -0.2) is 33.1 Å². The van der Waals surface area contributed by atoms with Gasteiger partial charge in [0.15, 0.2) is 11.6 Å². The SMILES string of the molecule is C#Cc1cccc2cc(NC(=O)OC(C)(C)C)cc(-c3nc4c5c(nc(OC[C@@]67CCCN6C[C@H](F)C7)nc5c3F)N([C@H](C)c3nccnc3N(C(=O)OC(C)(C)C)C(=O)OC(C)(C)C)CCO4)c12. The van der Waals surface area contributed by atoms with E-state index in [-0.39, 0.29) is 89.8 Å². The summed E-state index contributed by atoms with van der Waals surface area (Å²) in [6.07, 6.45) is 6.70. The fourth-order valence-electron chi connectivity index (χ4n) is 9.08. The van der Waals surface area contributed by atoms with Gasteiger partial charge >= 0.3 is 24.3 Å². The summed E-state index contributed by atoms with van der Waals surface area (Å²) in [5, 5.41) is 3.88. The van der Waals surface area contributed by atoms with Gasteiger partial charge < -0.3 is 28.6 Å². The van der Waals surface area contributed by atoms with Crippen LogP contribution in [0.2, 0.25) is 0 Å². The minimum atomic E-state index is -1.05. The van der Waals surface area contributed by atoms with Crippen LogP contribution in [0, 0.1) is 18.2 Å². The Kier molecular flexibility index (Phi) is 12.8. The third-order valence-corrected chi connectivity index (χ3v) is 11.8. The highest BCUT2D eigenvalue weighted by Crippen LogP contribution is 2.45. The Labute approximate surface area is 399 Å². The summed E-state index contributed by atoms with van der Waals surface area (Å²) in [6, 6.07) is 7.41. The topological polar surface area (TPSA) is 184 Å². The Morgan fingerprint density at radius 1 is 0.957 bits per heavy atom. The lowest BCUT2D eigenvalue weighted by Crippen LogP contribution is -2.45. The number of pyridine rings is 1. The van der Waals surface area contributed by atoms with Crippen molar-refractivity contribution in [2.24, 2.45) is 0 Å². The molecule has 3 aliphatic rings. The zero-order valence-corrected chi connectivity index (χ0v) is 40.5. The molecular formula is C50H57F2N9O8. The van der Waals surface area contributed by atoms with Gasteiger partial charge in [-0.15, -0.1) is 6.42 Å². The van der Waals surface area contributed by atoms with Crippen LogP contribution in [0.15, 0.2) is 42.7 Å². The molecule has 0 bridgehead atoms. The Hall–Kier alpha value is -6.94. The number of aromatic nitrogens is 5. The lowest BCUT2D eigenvalue weighted by molar-refractivity contribution is 0.0426. The Balaban J connectivity index is 1.31. The van der Waals surface area contributed by atoms with Gasteiger partial charge in [0.25, 0.3) is 0 Å². The van der Waals surface area contributed by atoms with Crippen LogP contribution in [0.1, 0.15) is 106 Å². The highest BCUT2D eigenvalue weighted by atomic mass is 19.1. The summed E-state index contributed by atoms with van der Waals surface area (Å²) >= 11 is 0. The van der Waals surface area contributed by atoms with E-state index in [0.29, 0.717) is 34.2 Å². The maximum atomic E-state index is 18.0. The second-order valence-electron chi connectivity index (χ2n) is 20.5. The number of carbonyl (C=O) groups is 3. The molecule has 2 saturated heterocycles. The lowest BCUT2D eigenvalue weighted by atomic mass is 9.95. The van der Waals surface area contributed by atoms with Gasteiger partial charge in [-0.1, -0.05) is 18.1 Å². The highest BCUT2D eigenvalue weighted by molar-refractivity contribution is 6.09. The van der Waals surface area contributed by atoms with Crippen LogP contribution in [-0.4, -0.2) is 109 Å². The number of halogens is 2. The number of amides is 3. The lowest BCUT2D eigenvalue weighted by Gasteiger charge is -2.33. The maximum absolute atomic E-state index is 18.0. The van der Waals surface area contributed by atoms with Crippen molar-refractivity contribution in [2.75, 3.05) is 48.0 Å². The largest absolute Gasteiger partial charge is 0.475 e. The molecule has 17 nitrogen and oxygen atoms in total. The molecule has 3 atom stereocenters. The summed E-state index contributed by atoms with van der Waals surface area (Å²) in [5.41, 5.74) is -2.83. The van der Waals surface area contributed by atoms with Gasteiger partial charge in [0.05, 0.1) is 18.1 Å². The van der Waals surface area contributed by atoms with Crippen molar-refractivity contribution >= 4 is 57.3 Å². The van der Waals surface area contributed by atoms with Gasteiger partial charge in [0, 0.05) is 47.6 Å². The number of fused-ring (bicyclic) bond motifs is 2. The van der Waals surface area contributed by atoms with Crippen LogP contribution in [-0.2, 0) is 14.2 Å². The molecule has 8 rings (SSSR count). The molecule has 69 heavy (non-hydrogen) atoms. The first-order valence-electron chi connectivity index (χ1n) is 22.9. The second kappa shape index (κ2) is 18.2. The van der Waals surface area contributed by atoms with Gasteiger partial charge in [-0.2, -0.15) is 14.9 Å². The summed E-state index contributed by atoms with van der Waals surface area (Å²) in [4.78, 5) is 69.0. The van der Waals surface area contributed by atoms with Crippen molar-refractivity contribution < 1.29 is 46.8 Å². The molecule has 364 valence electrons. The molecule has 5 aromatic rings. The molecule has 0 spiro atoms. The number of ether oxygens (including phenoxy) is 5. The van der Waals surface area contributed by atoms with Gasteiger partial charge in [-0.3, -0.25) is 15.2 Å². The minimum Gasteiger partial charge on any atom is -0.475 e. The maximum Gasteiger partial charge on any atom is 0.425 e. The van der Waals surface area contributed by atoms with Crippen molar-refractivity contribution in [3.05, 3.63) is 59.8 Å². The Morgan fingerprint density at radius 2 is 1.65 bits per heavy atom. The summed E-state index contributed by atoms with van der Waals surface area (Å²) in [7, 11) is 0. The highest BCUT2D eigenvalue weighted by Gasteiger charge is 2.49. The molecule has 3 aliphatic heterocycles. The second-order valence-corrected chi connectivity index (χ2v) is 20.5. The van der Waals surface area contributed by atoms with Crippen LogP contribution in [0.3, 0.4) is 0 Å². The van der Waals surface area contributed by atoms with E-state index in [2.05, 4.69) is 26.1 Å². The van der Waals surface area contributed by atoms with Crippen molar-refractivity contribution in [1.82, 2.24) is 29.8 Å². The van der Waals surface area contributed by atoms with Crippen LogP contribution in [0.5, 0.6) is 11.9 Å². The minimum absolute atomic E-state index is 0.0282. The third-order valence-electron chi connectivity index (χ3n) is 11.8. The molecule has 0 saturated carbocycles. The third kappa shape index (κ3) is 10.1. The number of terminal acetylenes is 1. The average Bonchev–Trinajstić information content (AvgIpc) is 3.71. The first-order valence-corrected chi connectivity index (χ1v) is 22.9. The van der Waals surface area contributed by atoms with E-state index in [0.717, 1.165) is 6.42 Å². The smallest absolute Gasteiger partial charge is 0.425 e. The van der Waals surface area contributed by atoms with E-state index in [9.17, 15) is 18.8 Å². The Morgan fingerprint density at radius 3 is 2.33 bits per heavy atom. The zero-order valence-electron chi connectivity index (χ0n) is 40.5. The molecule has 19 heteroatoms. The number of hydrogen-bond donors (Lipinski definition) is 1. The molecule has 6 heterocycles. The van der Waals surface area contributed by atoms with E-state index in [4.69, 9.17) is 45.1 Å². The first-order chi connectivity index (χ1) is 32.4. The molecule has 0 unspecified atom stereocenters. The van der Waals surface area contributed by atoms with E-state index in [1.807, 2.05) is 0 Å². The van der Waals surface area contributed by atoms with E-state index in [1.54, 1.807) is 104 Å². The fourth-order valence-corrected chi connectivity index (χ4v) is 9.08. The van der Waals surface area contributed by atoms with Gasteiger partial charge in [0.2, 0.25) is 5.88 Å². The number of nitrogens with zero attached hydrogens (tertiary/aromatic N) is 8. The number of hydrogen-bond acceptors (Lipinski definition) is 15. The molecule has 0 radical (unpaired) electrons. The molecule has 3 amide bonds.